The van der Waals surface area contributed by atoms with Crippen molar-refractivity contribution >= 4 is 17.7 Å². The molecule has 0 aliphatic rings. The Bertz CT molecular complexity index is 716. The normalized spacial score (nSPS) is 12.2. The van der Waals surface area contributed by atoms with Crippen molar-refractivity contribution in [1.29, 1.82) is 0 Å². The maximum Gasteiger partial charge on any atom is 0.230 e. The van der Waals surface area contributed by atoms with E-state index >= 15 is 0 Å². The van der Waals surface area contributed by atoms with E-state index in [9.17, 15) is 4.79 Å². The lowest BCUT2D eigenvalue weighted by molar-refractivity contribution is -0.119. The number of aryl methyl sites for hydroxylation is 2. The van der Waals surface area contributed by atoms with Gasteiger partial charge in [0.25, 0.3) is 0 Å². The number of tetrazole rings is 1. The average Bonchev–Trinajstić information content (AvgIpc) is 3.08. The van der Waals surface area contributed by atoms with Crippen molar-refractivity contribution in [3.8, 4) is 5.69 Å². The van der Waals surface area contributed by atoms with Crippen molar-refractivity contribution in [3.63, 3.8) is 0 Å². The average molecular weight is 376 g/mol. The molecule has 1 N–H and O–H groups in total. The predicted octanol–water partition coefficient (Wildman–Crippen LogP) is 3.85. The van der Waals surface area contributed by atoms with Gasteiger partial charge in [-0.2, -0.15) is 4.68 Å². The van der Waals surface area contributed by atoms with Gasteiger partial charge in [-0.1, -0.05) is 50.4 Å². The fraction of sp³-hybridized carbons (Fsp3) is 0.579. The molecule has 0 aliphatic heterocycles. The van der Waals surface area contributed by atoms with Crippen molar-refractivity contribution in [2.45, 2.75) is 71.0 Å². The Labute approximate surface area is 160 Å². The van der Waals surface area contributed by atoms with Crippen molar-refractivity contribution in [1.82, 2.24) is 25.5 Å². The van der Waals surface area contributed by atoms with Gasteiger partial charge in [-0.25, -0.2) is 0 Å². The number of carbonyl (C=O) groups is 1. The molecule has 1 amide bonds. The van der Waals surface area contributed by atoms with Crippen LogP contribution >= 0.6 is 11.8 Å². The second-order valence-electron chi connectivity index (χ2n) is 6.75. The number of nitrogens with one attached hydrogen (secondary N) is 1. The predicted molar refractivity (Wildman–Crippen MR) is 106 cm³/mol. The van der Waals surface area contributed by atoms with Gasteiger partial charge < -0.3 is 5.32 Å². The lowest BCUT2D eigenvalue weighted by Gasteiger charge is -2.13. The van der Waals surface area contributed by atoms with Gasteiger partial charge in [-0.05, 0) is 60.9 Å². The molecule has 7 heteroatoms. The van der Waals surface area contributed by atoms with E-state index in [2.05, 4.69) is 48.5 Å². The Morgan fingerprint density at radius 1 is 1.23 bits per heavy atom. The van der Waals surface area contributed by atoms with E-state index < -0.39 is 0 Å². The van der Waals surface area contributed by atoms with Gasteiger partial charge in [0.2, 0.25) is 11.1 Å². The van der Waals surface area contributed by atoms with E-state index in [-0.39, 0.29) is 11.9 Å². The monoisotopic (exact) mass is 375 g/mol. The van der Waals surface area contributed by atoms with Gasteiger partial charge in [0, 0.05) is 6.04 Å². The highest BCUT2D eigenvalue weighted by Crippen LogP contribution is 2.20. The summed E-state index contributed by atoms with van der Waals surface area (Å²) >= 11 is 1.36. The van der Waals surface area contributed by atoms with E-state index in [1.165, 1.54) is 42.2 Å². The van der Waals surface area contributed by atoms with Gasteiger partial charge >= 0.3 is 0 Å². The van der Waals surface area contributed by atoms with Crippen LogP contribution in [0.15, 0.2) is 23.4 Å². The molecule has 0 aliphatic carbocycles. The second-order valence-corrected chi connectivity index (χ2v) is 7.69. The van der Waals surface area contributed by atoms with E-state index in [0.717, 1.165) is 18.5 Å². The van der Waals surface area contributed by atoms with E-state index in [0.29, 0.717) is 10.9 Å². The zero-order valence-electron chi connectivity index (χ0n) is 16.2. The smallest absolute Gasteiger partial charge is 0.230 e. The van der Waals surface area contributed by atoms with Gasteiger partial charge in [0.05, 0.1) is 11.4 Å². The molecule has 0 radical (unpaired) electrons. The van der Waals surface area contributed by atoms with Gasteiger partial charge in [-0.15, -0.1) is 5.10 Å². The molecule has 2 rings (SSSR count). The van der Waals surface area contributed by atoms with Crippen LogP contribution in [0.5, 0.6) is 0 Å². The quantitative estimate of drug-likeness (QED) is 0.504. The summed E-state index contributed by atoms with van der Waals surface area (Å²) in [4.78, 5) is 12.2. The number of rotatable bonds is 10. The molecule has 1 atom stereocenters. The number of nitrogens with zero attached hydrogens (tertiary/aromatic N) is 4. The van der Waals surface area contributed by atoms with Crippen LogP contribution in [-0.4, -0.2) is 37.9 Å². The summed E-state index contributed by atoms with van der Waals surface area (Å²) in [5, 5.41) is 15.5. The molecule has 0 saturated heterocycles. The Hall–Kier alpha value is -1.89. The SMILES string of the molecule is CCCCCC[C@H](C)NC(=O)CSc1nnnn1-c1ccc(C)c(C)c1. The zero-order chi connectivity index (χ0) is 18.9. The standard InChI is InChI=1S/C19H29N5OS/c1-5-6-7-8-9-16(4)20-18(25)13-26-19-21-22-23-24(19)17-11-10-14(2)15(3)12-17/h10-12,16H,5-9,13H2,1-4H3,(H,20,25)/t16-/m0/s1. The van der Waals surface area contributed by atoms with Gasteiger partial charge in [-0.3, -0.25) is 4.79 Å². The maximum atomic E-state index is 12.2. The highest BCUT2D eigenvalue weighted by molar-refractivity contribution is 7.99. The first-order valence-corrected chi connectivity index (χ1v) is 10.3. The number of hydrogen-bond acceptors (Lipinski definition) is 5. The van der Waals surface area contributed by atoms with Crippen LogP contribution in [0.3, 0.4) is 0 Å². The van der Waals surface area contributed by atoms with Crippen LogP contribution in [0.1, 0.15) is 57.1 Å². The third-order valence-corrected chi connectivity index (χ3v) is 5.33. The van der Waals surface area contributed by atoms with Crippen LogP contribution in [0.4, 0.5) is 0 Å². The molecule has 1 heterocycles. The fourth-order valence-corrected chi connectivity index (χ4v) is 3.39. The third-order valence-electron chi connectivity index (χ3n) is 4.41. The first-order valence-electron chi connectivity index (χ1n) is 9.29. The number of unbranched alkanes of at least 4 members (excludes halogenated alkanes) is 3. The number of hydrogen-bond donors (Lipinski definition) is 1. The molecule has 0 bridgehead atoms. The van der Waals surface area contributed by atoms with Crippen molar-refractivity contribution < 1.29 is 4.79 Å². The Morgan fingerprint density at radius 3 is 2.77 bits per heavy atom. The number of benzene rings is 1. The Morgan fingerprint density at radius 2 is 2.04 bits per heavy atom. The summed E-state index contributed by atoms with van der Waals surface area (Å²) in [6.07, 6.45) is 5.91. The topological polar surface area (TPSA) is 72.7 Å². The summed E-state index contributed by atoms with van der Waals surface area (Å²) in [6.45, 7) is 8.40. The molecular weight excluding hydrogens is 346 g/mol. The minimum atomic E-state index is 0.0210. The number of carbonyl (C=O) groups excluding carboxylic acids is 1. The highest BCUT2D eigenvalue weighted by Gasteiger charge is 2.13. The molecular formula is C19H29N5OS. The molecule has 1 aromatic carbocycles. The first-order chi connectivity index (χ1) is 12.5. The van der Waals surface area contributed by atoms with E-state index in [1.54, 1.807) is 4.68 Å². The summed E-state index contributed by atoms with van der Waals surface area (Å²) < 4.78 is 1.68. The molecule has 2 aromatic rings. The molecule has 26 heavy (non-hydrogen) atoms. The third kappa shape index (κ3) is 6.12. The summed E-state index contributed by atoms with van der Waals surface area (Å²) in [6, 6.07) is 6.29. The molecule has 1 aromatic heterocycles. The minimum Gasteiger partial charge on any atom is -0.353 e. The summed E-state index contributed by atoms with van der Waals surface area (Å²) in [7, 11) is 0. The van der Waals surface area contributed by atoms with Crippen molar-refractivity contribution in [2.75, 3.05) is 5.75 Å². The largest absolute Gasteiger partial charge is 0.353 e. The highest BCUT2D eigenvalue weighted by atomic mass is 32.2. The van der Waals surface area contributed by atoms with Crippen LogP contribution in [0.2, 0.25) is 0 Å². The van der Waals surface area contributed by atoms with E-state index in [4.69, 9.17) is 0 Å². The summed E-state index contributed by atoms with van der Waals surface area (Å²) in [5.74, 6) is 0.331. The first kappa shape index (κ1) is 20.4. The van der Waals surface area contributed by atoms with Crippen LogP contribution in [0.25, 0.3) is 5.69 Å². The molecule has 142 valence electrons. The maximum absolute atomic E-state index is 12.2. The van der Waals surface area contributed by atoms with Crippen LogP contribution < -0.4 is 5.32 Å². The lowest BCUT2D eigenvalue weighted by atomic mass is 10.1. The number of thioether (sulfide) groups is 1. The number of amides is 1. The van der Waals surface area contributed by atoms with Crippen LogP contribution in [0, 0.1) is 13.8 Å². The van der Waals surface area contributed by atoms with Gasteiger partial charge in [0.1, 0.15) is 0 Å². The van der Waals surface area contributed by atoms with Crippen molar-refractivity contribution in [3.05, 3.63) is 29.3 Å². The summed E-state index contributed by atoms with van der Waals surface area (Å²) in [5.41, 5.74) is 3.32. The molecule has 0 saturated carbocycles. The Balaban J connectivity index is 1.85. The molecule has 0 spiro atoms. The second kappa shape index (κ2) is 10.3. The van der Waals surface area contributed by atoms with Gasteiger partial charge in [0.15, 0.2) is 0 Å². The Kier molecular flexibility index (Phi) is 8.09. The van der Waals surface area contributed by atoms with Crippen molar-refractivity contribution in [2.24, 2.45) is 0 Å². The fourth-order valence-electron chi connectivity index (χ4n) is 2.68. The molecule has 6 nitrogen and oxygen atoms in total. The lowest BCUT2D eigenvalue weighted by Crippen LogP contribution is -2.33. The minimum absolute atomic E-state index is 0.0210. The van der Waals surface area contributed by atoms with E-state index in [1.807, 2.05) is 18.2 Å². The molecule has 0 unspecified atom stereocenters. The zero-order valence-corrected chi connectivity index (χ0v) is 17.0. The van der Waals surface area contributed by atoms with Crippen LogP contribution in [-0.2, 0) is 4.79 Å². The molecule has 0 fully saturated rings. The number of aromatic nitrogens is 4.